The fraction of sp³-hybridized carbons (Fsp3) is 0.500. The van der Waals surface area contributed by atoms with Crippen molar-refractivity contribution in [1.29, 1.82) is 0 Å². The van der Waals surface area contributed by atoms with E-state index >= 15 is 0 Å². The molecule has 2 aliphatic heterocycles. The number of fused-ring (bicyclic) bond motifs is 1. The lowest BCUT2D eigenvalue weighted by Gasteiger charge is -2.26. The number of hydrogen-bond donors (Lipinski definition) is 1. The number of nitrogens with one attached hydrogen (secondary N) is 1. The minimum absolute atomic E-state index is 0.306. The maximum atomic E-state index is 13.2. The van der Waals surface area contributed by atoms with Gasteiger partial charge in [0.2, 0.25) is 0 Å². The van der Waals surface area contributed by atoms with Crippen LogP contribution in [0.2, 0.25) is 0 Å². The summed E-state index contributed by atoms with van der Waals surface area (Å²) in [6.07, 6.45) is -1.28. The molecule has 0 radical (unpaired) electrons. The number of anilines is 1. The molecule has 0 saturated carbocycles. The van der Waals surface area contributed by atoms with E-state index in [0.717, 1.165) is 24.3 Å². The van der Waals surface area contributed by atoms with Gasteiger partial charge in [-0.3, -0.25) is 0 Å². The number of benzene rings is 1. The van der Waals surface area contributed by atoms with E-state index < -0.39 is 24.4 Å². The quantitative estimate of drug-likeness (QED) is 0.836. The van der Waals surface area contributed by atoms with Gasteiger partial charge in [-0.05, 0) is 11.6 Å². The van der Waals surface area contributed by atoms with Gasteiger partial charge in [-0.15, -0.1) is 0 Å². The second-order valence-electron chi connectivity index (χ2n) is 5.19. The van der Waals surface area contributed by atoms with Crippen molar-refractivity contribution in [3.05, 3.63) is 29.8 Å². The molecule has 0 bridgehead atoms. The van der Waals surface area contributed by atoms with E-state index in [9.17, 15) is 13.6 Å². The SMILES string of the molecule is O=C1OC(CN2CCNCc3ccccc32)CC1(F)F. The molecule has 1 atom stereocenters. The molecule has 1 unspecified atom stereocenters. The number of nitrogens with zero attached hydrogens (tertiary/aromatic N) is 1. The van der Waals surface area contributed by atoms with E-state index in [1.165, 1.54) is 0 Å². The fourth-order valence-electron chi connectivity index (χ4n) is 2.71. The molecule has 20 heavy (non-hydrogen) atoms. The standard InChI is InChI=1S/C14H16F2N2O2/c15-14(16)7-11(20-13(14)19)9-18-6-5-17-8-10-3-1-2-4-12(10)18/h1-4,11,17H,5-9H2. The summed E-state index contributed by atoms with van der Waals surface area (Å²) in [6.45, 7) is 2.54. The minimum atomic E-state index is -3.34. The molecule has 0 aromatic heterocycles. The normalized spacial score (nSPS) is 25.0. The van der Waals surface area contributed by atoms with E-state index in [0.29, 0.717) is 13.1 Å². The number of halogens is 2. The highest BCUT2D eigenvalue weighted by Crippen LogP contribution is 2.32. The van der Waals surface area contributed by atoms with Crippen molar-refractivity contribution >= 4 is 11.7 Å². The van der Waals surface area contributed by atoms with Crippen molar-refractivity contribution in [1.82, 2.24) is 5.32 Å². The van der Waals surface area contributed by atoms with Crippen LogP contribution >= 0.6 is 0 Å². The summed E-state index contributed by atoms with van der Waals surface area (Å²) in [5.41, 5.74) is 2.14. The third-order valence-electron chi connectivity index (χ3n) is 3.69. The highest BCUT2D eigenvalue weighted by atomic mass is 19.3. The zero-order chi connectivity index (χ0) is 14.2. The number of cyclic esters (lactones) is 1. The first kappa shape index (κ1) is 13.3. The number of esters is 1. The summed E-state index contributed by atoms with van der Waals surface area (Å²) in [7, 11) is 0. The number of carbonyl (C=O) groups excluding carboxylic acids is 1. The number of carbonyl (C=O) groups is 1. The Balaban J connectivity index is 1.76. The first-order valence-electron chi connectivity index (χ1n) is 6.69. The van der Waals surface area contributed by atoms with Crippen LogP contribution in [0.5, 0.6) is 0 Å². The number of alkyl halides is 2. The first-order chi connectivity index (χ1) is 9.56. The van der Waals surface area contributed by atoms with Gasteiger partial charge in [0.1, 0.15) is 6.10 Å². The Morgan fingerprint density at radius 3 is 2.95 bits per heavy atom. The molecule has 108 valence electrons. The van der Waals surface area contributed by atoms with Crippen LogP contribution in [0.1, 0.15) is 12.0 Å². The summed E-state index contributed by atoms with van der Waals surface area (Å²) in [4.78, 5) is 13.1. The Labute approximate surface area is 115 Å². The summed E-state index contributed by atoms with van der Waals surface area (Å²) < 4.78 is 31.2. The second-order valence-corrected chi connectivity index (χ2v) is 5.19. The molecule has 0 aliphatic carbocycles. The van der Waals surface area contributed by atoms with E-state index in [2.05, 4.69) is 5.32 Å². The Kier molecular flexibility index (Phi) is 3.33. The molecule has 2 heterocycles. The fourth-order valence-corrected chi connectivity index (χ4v) is 2.71. The Hall–Kier alpha value is -1.69. The minimum Gasteiger partial charge on any atom is -0.456 e. The highest BCUT2D eigenvalue weighted by Gasteiger charge is 2.51. The summed E-state index contributed by atoms with van der Waals surface area (Å²) in [6, 6.07) is 7.85. The van der Waals surface area contributed by atoms with Crippen molar-refractivity contribution < 1.29 is 18.3 Å². The molecule has 1 fully saturated rings. The van der Waals surface area contributed by atoms with E-state index in [-0.39, 0.29) is 0 Å². The van der Waals surface area contributed by atoms with Gasteiger partial charge in [0.25, 0.3) is 0 Å². The largest absolute Gasteiger partial charge is 0.456 e. The van der Waals surface area contributed by atoms with Gasteiger partial charge in [-0.1, -0.05) is 18.2 Å². The molecule has 1 saturated heterocycles. The lowest BCUT2D eigenvalue weighted by Crippen LogP contribution is -2.35. The van der Waals surface area contributed by atoms with Gasteiger partial charge in [-0.2, -0.15) is 8.78 Å². The molecule has 4 nitrogen and oxygen atoms in total. The lowest BCUT2D eigenvalue weighted by molar-refractivity contribution is -0.158. The maximum absolute atomic E-state index is 13.2. The van der Waals surface area contributed by atoms with Gasteiger partial charge in [0.05, 0.1) is 13.0 Å². The summed E-state index contributed by atoms with van der Waals surface area (Å²) in [5, 5.41) is 3.29. The van der Waals surface area contributed by atoms with E-state index in [1.807, 2.05) is 29.2 Å². The van der Waals surface area contributed by atoms with E-state index in [4.69, 9.17) is 4.74 Å². The van der Waals surface area contributed by atoms with Crippen LogP contribution in [0, 0.1) is 0 Å². The van der Waals surface area contributed by atoms with Crippen LogP contribution in [0.3, 0.4) is 0 Å². The van der Waals surface area contributed by atoms with Crippen LogP contribution in [0.4, 0.5) is 14.5 Å². The topological polar surface area (TPSA) is 41.6 Å². The number of rotatable bonds is 2. The van der Waals surface area contributed by atoms with Crippen molar-refractivity contribution in [2.24, 2.45) is 0 Å². The number of para-hydroxylation sites is 1. The van der Waals surface area contributed by atoms with E-state index in [1.54, 1.807) is 0 Å². The molecule has 1 aromatic rings. The molecule has 2 aliphatic rings. The number of ether oxygens (including phenoxy) is 1. The average molecular weight is 282 g/mol. The molecule has 3 rings (SSSR count). The third kappa shape index (κ3) is 2.47. The summed E-state index contributed by atoms with van der Waals surface area (Å²) >= 11 is 0. The van der Waals surface area contributed by atoms with Crippen LogP contribution < -0.4 is 10.2 Å². The average Bonchev–Trinajstić information content (AvgIpc) is 2.59. The van der Waals surface area contributed by atoms with Crippen LogP contribution in [0.25, 0.3) is 0 Å². The molecular weight excluding hydrogens is 266 g/mol. The Bertz CT molecular complexity index is 522. The maximum Gasteiger partial charge on any atom is 0.377 e. The van der Waals surface area contributed by atoms with Crippen LogP contribution in [-0.2, 0) is 16.1 Å². The zero-order valence-corrected chi connectivity index (χ0v) is 10.9. The molecule has 1 aromatic carbocycles. The van der Waals surface area contributed by atoms with Gasteiger partial charge < -0.3 is 15.0 Å². The predicted molar refractivity (Wildman–Crippen MR) is 69.8 cm³/mol. The monoisotopic (exact) mass is 282 g/mol. The van der Waals surface area contributed by atoms with Crippen molar-refractivity contribution in [3.8, 4) is 0 Å². The molecular formula is C14H16F2N2O2. The van der Waals surface area contributed by atoms with Gasteiger partial charge in [0, 0.05) is 25.3 Å². The van der Waals surface area contributed by atoms with Crippen molar-refractivity contribution in [2.75, 3.05) is 24.5 Å². The van der Waals surface area contributed by atoms with Gasteiger partial charge in [-0.25, -0.2) is 4.79 Å². The van der Waals surface area contributed by atoms with Gasteiger partial charge in [0.15, 0.2) is 0 Å². The number of hydrogen-bond acceptors (Lipinski definition) is 4. The van der Waals surface area contributed by atoms with Gasteiger partial charge >= 0.3 is 11.9 Å². The van der Waals surface area contributed by atoms with Crippen molar-refractivity contribution in [3.63, 3.8) is 0 Å². The molecule has 0 amide bonds. The molecule has 1 N–H and O–H groups in total. The molecule has 6 heteroatoms. The smallest absolute Gasteiger partial charge is 0.377 e. The molecule has 0 spiro atoms. The highest BCUT2D eigenvalue weighted by molar-refractivity contribution is 5.79. The first-order valence-corrected chi connectivity index (χ1v) is 6.69. The predicted octanol–water partition coefficient (Wildman–Crippen LogP) is 1.55. The summed E-state index contributed by atoms with van der Waals surface area (Å²) in [5.74, 6) is -4.74. The third-order valence-corrected chi connectivity index (χ3v) is 3.69. The van der Waals surface area contributed by atoms with Crippen LogP contribution in [0.15, 0.2) is 24.3 Å². The second kappa shape index (κ2) is 5.01. The Morgan fingerprint density at radius 1 is 1.40 bits per heavy atom. The lowest BCUT2D eigenvalue weighted by atomic mass is 10.1. The van der Waals surface area contributed by atoms with Crippen LogP contribution in [-0.4, -0.2) is 37.6 Å². The van der Waals surface area contributed by atoms with Crippen molar-refractivity contribution in [2.45, 2.75) is 25.0 Å². The zero-order valence-electron chi connectivity index (χ0n) is 10.9. The Morgan fingerprint density at radius 2 is 2.20 bits per heavy atom.